The van der Waals surface area contributed by atoms with Gasteiger partial charge in [0.25, 0.3) is 0 Å². The van der Waals surface area contributed by atoms with E-state index in [0.29, 0.717) is 25.7 Å². The number of ether oxygens (including phenoxy) is 4. The van der Waals surface area contributed by atoms with E-state index in [-0.39, 0.29) is 6.61 Å². The number of methoxy groups -OCH3 is 1. The molecule has 0 radical (unpaired) electrons. The van der Waals surface area contributed by atoms with Gasteiger partial charge in [0.1, 0.15) is 42.9 Å². The zero-order valence-electron chi connectivity index (χ0n) is 19.2. The molecule has 7 heteroatoms. The lowest BCUT2D eigenvalue weighted by atomic mass is 9.89. The van der Waals surface area contributed by atoms with Crippen molar-refractivity contribution in [2.24, 2.45) is 0 Å². The van der Waals surface area contributed by atoms with E-state index in [0.717, 1.165) is 40.8 Å². The lowest BCUT2D eigenvalue weighted by Gasteiger charge is -2.42. The fourth-order valence-corrected chi connectivity index (χ4v) is 4.24. The van der Waals surface area contributed by atoms with Crippen molar-refractivity contribution in [1.29, 1.82) is 0 Å². The molecule has 1 aliphatic heterocycles. The molecule has 2 fully saturated rings. The van der Waals surface area contributed by atoms with Gasteiger partial charge in [-0.05, 0) is 60.6 Å². The number of rotatable bonds is 10. The summed E-state index contributed by atoms with van der Waals surface area (Å²) in [5.74, 6) is 0.819. The fourth-order valence-electron chi connectivity index (χ4n) is 4.24. The van der Waals surface area contributed by atoms with Gasteiger partial charge in [0.05, 0.1) is 19.3 Å². The van der Waals surface area contributed by atoms with Gasteiger partial charge in [-0.2, -0.15) is 0 Å². The zero-order valence-corrected chi connectivity index (χ0v) is 19.2. The highest BCUT2D eigenvalue weighted by Crippen LogP contribution is 2.34. The molecular weight excluding hydrogens is 424 g/mol. The molecule has 1 heterocycles. The highest BCUT2D eigenvalue weighted by molar-refractivity contribution is 5.38. The molecule has 0 spiro atoms. The number of aryl methyl sites for hydroxylation is 1. The number of aliphatic hydroxyl groups is 3. The Labute approximate surface area is 194 Å². The smallest absolute Gasteiger partial charge is 0.119 e. The Balaban J connectivity index is 1.41. The third-order valence-corrected chi connectivity index (χ3v) is 6.39. The first kappa shape index (κ1) is 24.1. The van der Waals surface area contributed by atoms with Gasteiger partial charge in [0, 0.05) is 7.11 Å². The van der Waals surface area contributed by atoms with Crippen molar-refractivity contribution >= 4 is 0 Å². The van der Waals surface area contributed by atoms with E-state index < -0.39 is 30.5 Å². The molecule has 2 aliphatic rings. The van der Waals surface area contributed by atoms with Gasteiger partial charge in [-0.3, -0.25) is 0 Å². The SMILES string of the molecule is COC1C(CO)OC(c2ccc(C)c(Cc3ccc(OCCOC4CC4)cc3)c2)C(O)C1O. The van der Waals surface area contributed by atoms with Gasteiger partial charge in [0.2, 0.25) is 0 Å². The molecule has 7 nitrogen and oxygen atoms in total. The number of benzene rings is 2. The Morgan fingerprint density at radius 1 is 1.00 bits per heavy atom. The van der Waals surface area contributed by atoms with Crippen LogP contribution >= 0.6 is 0 Å². The van der Waals surface area contributed by atoms with Crippen molar-refractivity contribution in [3.8, 4) is 5.75 Å². The van der Waals surface area contributed by atoms with Crippen LogP contribution in [0.3, 0.4) is 0 Å². The van der Waals surface area contributed by atoms with E-state index in [9.17, 15) is 15.3 Å². The average molecular weight is 459 g/mol. The lowest BCUT2D eigenvalue weighted by Crippen LogP contribution is -2.56. The van der Waals surface area contributed by atoms with Crippen LogP contribution in [-0.2, 0) is 20.6 Å². The monoisotopic (exact) mass is 458 g/mol. The summed E-state index contributed by atoms with van der Waals surface area (Å²) in [5.41, 5.74) is 4.11. The van der Waals surface area contributed by atoms with Crippen LogP contribution in [0.5, 0.6) is 5.75 Å². The predicted octanol–water partition coefficient (Wildman–Crippen LogP) is 2.31. The van der Waals surface area contributed by atoms with Crippen LogP contribution in [0.15, 0.2) is 42.5 Å². The summed E-state index contributed by atoms with van der Waals surface area (Å²) < 4.78 is 22.5. The third kappa shape index (κ3) is 5.93. The Morgan fingerprint density at radius 2 is 1.76 bits per heavy atom. The summed E-state index contributed by atoms with van der Waals surface area (Å²) in [6, 6.07) is 13.9. The van der Waals surface area contributed by atoms with Crippen molar-refractivity contribution in [2.45, 2.75) is 62.8 Å². The maximum atomic E-state index is 10.6. The minimum atomic E-state index is -1.16. The van der Waals surface area contributed by atoms with Crippen LogP contribution in [-0.4, -0.2) is 72.8 Å². The maximum Gasteiger partial charge on any atom is 0.119 e. The summed E-state index contributed by atoms with van der Waals surface area (Å²) in [7, 11) is 1.43. The molecule has 3 N–H and O–H groups in total. The topological polar surface area (TPSA) is 97.6 Å². The minimum Gasteiger partial charge on any atom is -0.491 e. The van der Waals surface area contributed by atoms with Crippen LogP contribution in [0.25, 0.3) is 0 Å². The molecule has 1 saturated carbocycles. The second-order valence-corrected chi connectivity index (χ2v) is 8.88. The van der Waals surface area contributed by atoms with Crippen LogP contribution in [0.4, 0.5) is 0 Å². The molecule has 5 unspecified atom stereocenters. The van der Waals surface area contributed by atoms with Crippen LogP contribution in [0, 0.1) is 6.92 Å². The first-order valence-corrected chi connectivity index (χ1v) is 11.6. The summed E-state index contributed by atoms with van der Waals surface area (Å²) in [6.45, 7) is 2.90. The lowest BCUT2D eigenvalue weighted by molar-refractivity contribution is -0.238. The zero-order chi connectivity index (χ0) is 23.4. The van der Waals surface area contributed by atoms with Gasteiger partial charge in [-0.25, -0.2) is 0 Å². The Morgan fingerprint density at radius 3 is 2.42 bits per heavy atom. The summed E-state index contributed by atoms with van der Waals surface area (Å²) in [6.07, 6.45) is -1.09. The first-order chi connectivity index (χ1) is 16.0. The highest BCUT2D eigenvalue weighted by Gasteiger charge is 2.45. The summed E-state index contributed by atoms with van der Waals surface area (Å²) >= 11 is 0. The number of hydrogen-bond donors (Lipinski definition) is 3. The van der Waals surface area contributed by atoms with E-state index in [1.54, 1.807) is 0 Å². The number of hydrogen-bond acceptors (Lipinski definition) is 7. The molecule has 0 aromatic heterocycles. The Hall–Kier alpha value is -2.00. The maximum absolute atomic E-state index is 10.6. The summed E-state index contributed by atoms with van der Waals surface area (Å²) in [4.78, 5) is 0. The van der Waals surface area contributed by atoms with E-state index in [1.807, 2.05) is 49.4 Å². The Kier molecular flexibility index (Phi) is 8.01. The molecule has 2 aromatic rings. The van der Waals surface area contributed by atoms with Gasteiger partial charge < -0.3 is 34.3 Å². The standard InChI is InChI=1S/C26H34O7/c1-16-3-6-18(25-23(28)24(29)26(30-2)22(15-27)33-25)14-19(16)13-17-4-7-20(8-5-17)31-11-12-32-21-9-10-21/h3-8,14,21-29H,9-13,15H2,1-2H3. The largest absolute Gasteiger partial charge is 0.491 e. The summed E-state index contributed by atoms with van der Waals surface area (Å²) in [5, 5.41) is 30.8. The van der Waals surface area contributed by atoms with Crippen molar-refractivity contribution in [1.82, 2.24) is 0 Å². The molecule has 33 heavy (non-hydrogen) atoms. The van der Waals surface area contributed by atoms with Crippen molar-refractivity contribution < 1.29 is 34.3 Å². The predicted molar refractivity (Wildman–Crippen MR) is 122 cm³/mol. The van der Waals surface area contributed by atoms with E-state index in [2.05, 4.69) is 0 Å². The van der Waals surface area contributed by atoms with Gasteiger partial charge in [0.15, 0.2) is 0 Å². The average Bonchev–Trinajstić information content (AvgIpc) is 3.65. The molecule has 2 aromatic carbocycles. The first-order valence-electron chi connectivity index (χ1n) is 11.6. The van der Waals surface area contributed by atoms with Crippen molar-refractivity contribution in [3.63, 3.8) is 0 Å². The van der Waals surface area contributed by atoms with Crippen molar-refractivity contribution in [2.75, 3.05) is 26.9 Å². The molecule has 0 amide bonds. The van der Waals surface area contributed by atoms with E-state index >= 15 is 0 Å². The van der Waals surface area contributed by atoms with Crippen LogP contribution in [0.1, 0.15) is 41.2 Å². The molecule has 4 rings (SSSR count). The molecule has 180 valence electrons. The van der Waals surface area contributed by atoms with Crippen LogP contribution in [0.2, 0.25) is 0 Å². The molecule has 1 saturated heterocycles. The van der Waals surface area contributed by atoms with E-state index in [4.69, 9.17) is 18.9 Å². The second kappa shape index (κ2) is 11.0. The molecule has 0 bridgehead atoms. The van der Waals surface area contributed by atoms with Crippen molar-refractivity contribution in [3.05, 3.63) is 64.7 Å². The quantitative estimate of drug-likeness (QED) is 0.470. The number of aliphatic hydroxyl groups excluding tert-OH is 3. The van der Waals surface area contributed by atoms with Crippen LogP contribution < -0.4 is 4.74 Å². The van der Waals surface area contributed by atoms with Gasteiger partial charge >= 0.3 is 0 Å². The minimum absolute atomic E-state index is 0.307. The third-order valence-electron chi connectivity index (χ3n) is 6.39. The fraction of sp³-hybridized carbons (Fsp3) is 0.538. The highest BCUT2D eigenvalue weighted by atomic mass is 16.6. The van der Waals surface area contributed by atoms with Gasteiger partial charge in [-0.1, -0.05) is 30.3 Å². The normalized spacial score (nSPS) is 27.5. The Bertz CT molecular complexity index is 894. The molecule has 5 atom stereocenters. The molecule has 1 aliphatic carbocycles. The second-order valence-electron chi connectivity index (χ2n) is 8.88. The van der Waals surface area contributed by atoms with E-state index in [1.165, 1.54) is 7.11 Å². The van der Waals surface area contributed by atoms with Gasteiger partial charge in [-0.15, -0.1) is 0 Å². The molecular formula is C26H34O7.